The molecule has 5 nitrogen and oxygen atoms in total. The van der Waals surface area contributed by atoms with Crippen molar-refractivity contribution in [3.05, 3.63) is 59.4 Å². The summed E-state index contributed by atoms with van der Waals surface area (Å²) >= 11 is 0. The van der Waals surface area contributed by atoms with Crippen LogP contribution >= 0.6 is 0 Å². The van der Waals surface area contributed by atoms with Gasteiger partial charge in [0.05, 0.1) is 0 Å². The number of hydrogen-bond acceptors (Lipinski definition) is 3. The second-order valence-corrected chi connectivity index (χ2v) is 4.41. The zero-order valence-electron chi connectivity index (χ0n) is 10.1. The Morgan fingerprint density at radius 1 is 1.26 bits per heavy atom. The first-order chi connectivity index (χ1) is 9.24. The van der Waals surface area contributed by atoms with E-state index in [-0.39, 0.29) is 6.03 Å². The zero-order chi connectivity index (χ0) is 13.2. The van der Waals surface area contributed by atoms with Crippen LogP contribution in [-0.4, -0.2) is 16.1 Å². The van der Waals surface area contributed by atoms with E-state index in [1.165, 1.54) is 0 Å². The molecule has 2 heterocycles. The van der Waals surface area contributed by atoms with Gasteiger partial charge in [-0.2, -0.15) is 0 Å². The number of aromatic nitrogens is 1. The third-order valence-corrected chi connectivity index (χ3v) is 3.13. The summed E-state index contributed by atoms with van der Waals surface area (Å²) in [6.07, 6.45) is 2.60. The average molecular weight is 255 g/mol. The van der Waals surface area contributed by atoms with Gasteiger partial charge < -0.3 is 15.7 Å². The molecule has 1 aliphatic rings. The van der Waals surface area contributed by atoms with Crippen molar-refractivity contribution in [3.63, 3.8) is 0 Å². The minimum atomic E-state index is -0.711. The molecule has 5 heteroatoms. The molecular weight excluding hydrogens is 242 g/mol. The van der Waals surface area contributed by atoms with E-state index in [2.05, 4.69) is 15.6 Å². The molecule has 0 aliphatic carbocycles. The molecule has 0 bridgehead atoms. The Hall–Kier alpha value is -2.40. The van der Waals surface area contributed by atoms with E-state index in [1.54, 1.807) is 18.5 Å². The minimum absolute atomic E-state index is 0.201. The van der Waals surface area contributed by atoms with Crippen LogP contribution in [0.15, 0.2) is 42.7 Å². The lowest BCUT2D eigenvalue weighted by atomic mass is 9.99. The number of nitrogens with one attached hydrogen (secondary N) is 2. The van der Waals surface area contributed by atoms with E-state index in [1.807, 2.05) is 24.3 Å². The van der Waals surface area contributed by atoms with Gasteiger partial charge in [0.2, 0.25) is 0 Å². The molecule has 0 saturated carbocycles. The molecule has 1 aliphatic heterocycles. The molecule has 96 valence electrons. The second kappa shape index (κ2) is 4.70. The number of benzene rings is 1. The molecule has 0 fully saturated rings. The van der Waals surface area contributed by atoms with Crippen molar-refractivity contribution in [1.82, 2.24) is 10.3 Å². The number of pyridine rings is 1. The number of urea groups is 1. The number of hydrogen-bond donors (Lipinski definition) is 3. The molecule has 0 spiro atoms. The Morgan fingerprint density at radius 3 is 2.95 bits per heavy atom. The SMILES string of the molecule is O=C1NCc2cc(C(O)c3cccnc3)ccc2N1. The van der Waals surface area contributed by atoms with Gasteiger partial charge in [-0.3, -0.25) is 4.98 Å². The number of nitrogens with zero attached hydrogens (tertiary/aromatic N) is 1. The van der Waals surface area contributed by atoms with E-state index in [0.29, 0.717) is 6.54 Å². The van der Waals surface area contributed by atoms with Gasteiger partial charge in [0.1, 0.15) is 6.10 Å². The molecule has 3 rings (SSSR count). The standard InChI is InChI=1S/C14H13N3O2/c18-13(10-2-1-5-15-7-10)9-3-4-12-11(6-9)8-16-14(19)17-12/h1-7,13,18H,8H2,(H2,16,17,19). The van der Waals surface area contributed by atoms with Gasteiger partial charge in [-0.1, -0.05) is 12.1 Å². The monoisotopic (exact) mass is 255 g/mol. The summed E-state index contributed by atoms with van der Waals surface area (Å²) in [4.78, 5) is 15.2. The molecule has 1 aromatic carbocycles. The van der Waals surface area contributed by atoms with Gasteiger partial charge in [0.25, 0.3) is 0 Å². The molecule has 1 aromatic heterocycles. The average Bonchev–Trinajstić information content (AvgIpc) is 2.47. The predicted octanol–water partition coefficient (Wildman–Crippen LogP) is 1.80. The van der Waals surface area contributed by atoms with Crippen LogP contribution in [0.4, 0.5) is 10.5 Å². The van der Waals surface area contributed by atoms with Gasteiger partial charge in [0.15, 0.2) is 0 Å². The molecule has 2 aromatic rings. The highest BCUT2D eigenvalue weighted by Crippen LogP contribution is 2.26. The van der Waals surface area contributed by atoms with Crippen molar-refractivity contribution in [2.75, 3.05) is 5.32 Å². The summed E-state index contributed by atoms with van der Waals surface area (Å²) in [6.45, 7) is 0.467. The van der Waals surface area contributed by atoms with Crippen LogP contribution in [0.2, 0.25) is 0 Å². The highest BCUT2D eigenvalue weighted by molar-refractivity contribution is 5.92. The number of anilines is 1. The summed E-state index contributed by atoms with van der Waals surface area (Å²) in [7, 11) is 0. The summed E-state index contributed by atoms with van der Waals surface area (Å²) in [6, 6.07) is 8.92. The van der Waals surface area contributed by atoms with Gasteiger partial charge in [-0.15, -0.1) is 0 Å². The van der Waals surface area contributed by atoms with Crippen LogP contribution in [0.25, 0.3) is 0 Å². The van der Waals surface area contributed by atoms with Crippen molar-refractivity contribution in [1.29, 1.82) is 0 Å². The van der Waals surface area contributed by atoms with Crippen LogP contribution in [-0.2, 0) is 6.54 Å². The van der Waals surface area contributed by atoms with Crippen LogP contribution in [0.3, 0.4) is 0 Å². The lowest BCUT2D eigenvalue weighted by Crippen LogP contribution is -2.33. The summed E-state index contributed by atoms with van der Waals surface area (Å²) in [5, 5.41) is 15.7. The predicted molar refractivity (Wildman–Crippen MR) is 70.6 cm³/mol. The van der Waals surface area contributed by atoms with Crippen molar-refractivity contribution >= 4 is 11.7 Å². The Morgan fingerprint density at radius 2 is 2.16 bits per heavy atom. The number of carbonyl (C=O) groups is 1. The fourth-order valence-corrected chi connectivity index (χ4v) is 2.12. The number of carbonyl (C=O) groups excluding carboxylic acids is 1. The summed E-state index contributed by atoms with van der Waals surface area (Å²) < 4.78 is 0. The highest BCUT2D eigenvalue weighted by atomic mass is 16.3. The fraction of sp³-hybridized carbons (Fsp3) is 0.143. The minimum Gasteiger partial charge on any atom is -0.384 e. The number of aliphatic hydroxyl groups excluding tert-OH is 1. The van der Waals surface area contributed by atoms with E-state index in [0.717, 1.165) is 22.4 Å². The molecular formula is C14H13N3O2. The largest absolute Gasteiger partial charge is 0.384 e. The first-order valence-corrected chi connectivity index (χ1v) is 6.00. The number of aliphatic hydroxyl groups is 1. The maximum absolute atomic E-state index is 11.2. The molecule has 2 amide bonds. The molecule has 3 N–H and O–H groups in total. The Labute approximate surface area is 110 Å². The smallest absolute Gasteiger partial charge is 0.319 e. The first kappa shape index (κ1) is 11.7. The maximum Gasteiger partial charge on any atom is 0.319 e. The first-order valence-electron chi connectivity index (χ1n) is 6.00. The lowest BCUT2D eigenvalue weighted by Gasteiger charge is -2.20. The topological polar surface area (TPSA) is 74.2 Å². The van der Waals surface area contributed by atoms with E-state index >= 15 is 0 Å². The maximum atomic E-state index is 11.2. The number of fused-ring (bicyclic) bond motifs is 1. The lowest BCUT2D eigenvalue weighted by molar-refractivity contribution is 0.220. The Kier molecular flexibility index (Phi) is 2.89. The molecule has 0 radical (unpaired) electrons. The highest BCUT2D eigenvalue weighted by Gasteiger charge is 2.17. The van der Waals surface area contributed by atoms with Gasteiger partial charge in [0, 0.05) is 30.2 Å². The van der Waals surface area contributed by atoms with E-state index in [4.69, 9.17) is 0 Å². The Balaban J connectivity index is 1.92. The van der Waals surface area contributed by atoms with Crippen LogP contribution < -0.4 is 10.6 Å². The van der Waals surface area contributed by atoms with Gasteiger partial charge in [-0.05, 0) is 29.3 Å². The summed E-state index contributed by atoms with van der Waals surface area (Å²) in [5.41, 5.74) is 3.27. The van der Waals surface area contributed by atoms with Gasteiger partial charge >= 0.3 is 6.03 Å². The van der Waals surface area contributed by atoms with Crippen LogP contribution in [0.1, 0.15) is 22.8 Å². The molecule has 1 unspecified atom stereocenters. The van der Waals surface area contributed by atoms with Gasteiger partial charge in [-0.25, -0.2) is 4.79 Å². The zero-order valence-corrected chi connectivity index (χ0v) is 10.1. The van der Waals surface area contributed by atoms with Crippen molar-refractivity contribution in [2.24, 2.45) is 0 Å². The summed E-state index contributed by atoms with van der Waals surface area (Å²) in [5.74, 6) is 0. The molecule has 19 heavy (non-hydrogen) atoms. The van der Waals surface area contributed by atoms with Crippen molar-refractivity contribution in [2.45, 2.75) is 12.6 Å². The third kappa shape index (κ3) is 2.28. The third-order valence-electron chi connectivity index (χ3n) is 3.13. The van der Waals surface area contributed by atoms with E-state index in [9.17, 15) is 9.90 Å². The van der Waals surface area contributed by atoms with Crippen molar-refractivity contribution < 1.29 is 9.90 Å². The Bertz CT molecular complexity index is 613. The number of rotatable bonds is 2. The normalized spacial score (nSPS) is 15.1. The van der Waals surface area contributed by atoms with E-state index < -0.39 is 6.10 Å². The van der Waals surface area contributed by atoms with Crippen LogP contribution in [0.5, 0.6) is 0 Å². The quantitative estimate of drug-likeness (QED) is 0.766. The fourth-order valence-electron chi connectivity index (χ4n) is 2.12. The molecule has 1 atom stereocenters. The molecule has 0 saturated heterocycles. The number of amides is 2. The van der Waals surface area contributed by atoms with Crippen LogP contribution in [0, 0.1) is 0 Å². The second-order valence-electron chi connectivity index (χ2n) is 4.41. The van der Waals surface area contributed by atoms with Crippen molar-refractivity contribution in [3.8, 4) is 0 Å².